The second kappa shape index (κ2) is 4.92. The van der Waals surface area contributed by atoms with Crippen molar-refractivity contribution in [2.75, 3.05) is 5.32 Å². The van der Waals surface area contributed by atoms with E-state index in [-0.39, 0.29) is 12.2 Å². The van der Waals surface area contributed by atoms with Gasteiger partial charge in [0, 0.05) is 30.6 Å². The molecule has 0 aliphatic rings. The fourth-order valence-electron chi connectivity index (χ4n) is 1.90. The zero-order chi connectivity index (χ0) is 13.9. The van der Waals surface area contributed by atoms with Gasteiger partial charge in [-0.05, 0) is 0 Å². The van der Waals surface area contributed by atoms with Crippen molar-refractivity contribution < 1.29 is 4.92 Å². The number of para-hydroxylation sites is 1. The topological polar surface area (TPSA) is 98.2 Å². The van der Waals surface area contributed by atoms with Gasteiger partial charge in [0.1, 0.15) is 6.33 Å². The predicted molar refractivity (Wildman–Crippen MR) is 71.2 cm³/mol. The highest BCUT2D eigenvalue weighted by atomic mass is 16.6. The van der Waals surface area contributed by atoms with E-state index >= 15 is 0 Å². The molecular formula is C12H10N6O2. The Kier molecular flexibility index (Phi) is 2.96. The minimum Gasteiger partial charge on any atom is -0.363 e. The van der Waals surface area contributed by atoms with Crippen molar-refractivity contribution >= 4 is 17.2 Å². The smallest absolute Gasteiger partial charge is 0.274 e. The molecule has 20 heavy (non-hydrogen) atoms. The number of nitrogens with one attached hydrogen (secondary N) is 1. The molecule has 3 rings (SSSR count). The Morgan fingerprint density at radius 3 is 3.05 bits per heavy atom. The normalized spacial score (nSPS) is 10.6. The van der Waals surface area contributed by atoms with Crippen molar-refractivity contribution in [3.05, 3.63) is 58.7 Å². The van der Waals surface area contributed by atoms with E-state index in [0.717, 1.165) is 0 Å². The number of hydrogen-bond donors (Lipinski definition) is 1. The maximum atomic E-state index is 10.9. The van der Waals surface area contributed by atoms with Crippen molar-refractivity contribution in [1.82, 2.24) is 19.6 Å². The van der Waals surface area contributed by atoms with E-state index in [1.807, 2.05) is 0 Å². The Morgan fingerprint density at radius 1 is 1.35 bits per heavy atom. The Morgan fingerprint density at radius 2 is 2.20 bits per heavy atom. The SMILES string of the molecule is O=[N+]([O-])c1ccccc1CNc1nccn2cnnc12. The van der Waals surface area contributed by atoms with Gasteiger partial charge in [-0.2, -0.15) is 0 Å². The first-order chi connectivity index (χ1) is 9.75. The highest BCUT2D eigenvalue weighted by molar-refractivity contribution is 5.61. The van der Waals surface area contributed by atoms with Crippen LogP contribution in [0.1, 0.15) is 5.56 Å². The predicted octanol–water partition coefficient (Wildman–Crippen LogP) is 1.64. The van der Waals surface area contributed by atoms with Gasteiger partial charge in [-0.25, -0.2) is 4.98 Å². The quantitative estimate of drug-likeness (QED) is 0.571. The van der Waals surface area contributed by atoms with Gasteiger partial charge in [0.05, 0.1) is 4.92 Å². The lowest BCUT2D eigenvalue weighted by Crippen LogP contribution is -2.05. The molecule has 8 heteroatoms. The summed E-state index contributed by atoms with van der Waals surface area (Å²) in [5.74, 6) is 0.531. The van der Waals surface area contributed by atoms with Gasteiger partial charge in [-0.15, -0.1) is 10.2 Å². The van der Waals surface area contributed by atoms with Crippen LogP contribution >= 0.6 is 0 Å². The van der Waals surface area contributed by atoms with Crippen LogP contribution in [0.5, 0.6) is 0 Å². The summed E-state index contributed by atoms with van der Waals surface area (Å²) in [4.78, 5) is 14.7. The molecule has 1 N–H and O–H groups in total. The minimum absolute atomic E-state index is 0.0772. The molecular weight excluding hydrogens is 260 g/mol. The summed E-state index contributed by atoms with van der Waals surface area (Å²) in [6.45, 7) is 0.288. The second-order valence-electron chi connectivity index (χ2n) is 4.08. The Balaban J connectivity index is 1.87. The van der Waals surface area contributed by atoms with Gasteiger partial charge in [-0.1, -0.05) is 18.2 Å². The summed E-state index contributed by atoms with van der Waals surface area (Å²) in [7, 11) is 0. The molecule has 0 aliphatic carbocycles. The molecule has 1 aromatic carbocycles. The fourth-order valence-corrected chi connectivity index (χ4v) is 1.90. The monoisotopic (exact) mass is 270 g/mol. The highest BCUT2D eigenvalue weighted by Gasteiger charge is 2.12. The average Bonchev–Trinajstić information content (AvgIpc) is 2.94. The van der Waals surface area contributed by atoms with E-state index in [1.54, 1.807) is 41.3 Å². The van der Waals surface area contributed by atoms with Crippen LogP contribution in [0.4, 0.5) is 11.5 Å². The summed E-state index contributed by atoms with van der Waals surface area (Å²) in [6.07, 6.45) is 4.90. The van der Waals surface area contributed by atoms with Crippen LogP contribution in [0.15, 0.2) is 43.0 Å². The molecule has 3 aromatic rings. The van der Waals surface area contributed by atoms with Crippen LogP contribution < -0.4 is 5.32 Å². The van der Waals surface area contributed by atoms with Gasteiger partial charge in [0.15, 0.2) is 5.82 Å². The van der Waals surface area contributed by atoms with E-state index in [0.29, 0.717) is 17.0 Å². The largest absolute Gasteiger partial charge is 0.363 e. The molecule has 0 bridgehead atoms. The molecule has 2 heterocycles. The molecule has 0 saturated carbocycles. The van der Waals surface area contributed by atoms with E-state index in [1.165, 1.54) is 6.07 Å². The summed E-state index contributed by atoms with van der Waals surface area (Å²) in [5.41, 5.74) is 1.24. The number of nitro benzene ring substituents is 1. The highest BCUT2D eigenvalue weighted by Crippen LogP contribution is 2.19. The maximum absolute atomic E-state index is 10.9. The van der Waals surface area contributed by atoms with Crippen LogP contribution in [0.3, 0.4) is 0 Å². The van der Waals surface area contributed by atoms with Gasteiger partial charge in [0.2, 0.25) is 5.65 Å². The van der Waals surface area contributed by atoms with Crippen molar-refractivity contribution in [3.63, 3.8) is 0 Å². The van der Waals surface area contributed by atoms with Gasteiger partial charge < -0.3 is 5.32 Å². The molecule has 0 atom stereocenters. The first kappa shape index (κ1) is 12.0. The number of hydrogen-bond acceptors (Lipinski definition) is 6. The lowest BCUT2D eigenvalue weighted by molar-refractivity contribution is -0.385. The molecule has 0 fully saturated rings. The summed E-state index contributed by atoms with van der Waals surface area (Å²) in [5, 5.41) is 21.7. The third-order valence-electron chi connectivity index (χ3n) is 2.85. The number of rotatable bonds is 4. The van der Waals surface area contributed by atoms with Crippen LogP contribution in [0.2, 0.25) is 0 Å². The third kappa shape index (κ3) is 2.14. The molecule has 0 saturated heterocycles. The van der Waals surface area contributed by atoms with Gasteiger partial charge in [-0.3, -0.25) is 14.5 Å². The van der Waals surface area contributed by atoms with Crippen LogP contribution in [0, 0.1) is 10.1 Å². The average molecular weight is 270 g/mol. The van der Waals surface area contributed by atoms with Crippen molar-refractivity contribution in [2.24, 2.45) is 0 Å². The maximum Gasteiger partial charge on any atom is 0.274 e. The molecule has 8 nitrogen and oxygen atoms in total. The number of fused-ring (bicyclic) bond motifs is 1. The number of nitrogens with zero attached hydrogens (tertiary/aromatic N) is 5. The summed E-state index contributed by atoms with van der Waals surface area (Å²) >= 11 is 0. The fraction of sp³-hybridized carbons (Fsp3) is 0.0833. The molecule has 2 aromatic heterocycles. The van der Waals surface area contributed by atoms with Crippen LogP contribution in [0.25, 0.3) is 5.65 Å². The van der Waals surface area contributed by atoms with Gasteiger partial charge >= 0.3 is 0 Å². The molecule has 0 aliphatic heterocycles. The zero-order valence-electron chi connectivity index (χ0n) is 10.3. The van der Waals surface area contributed by atoms with E-state index < -0.39 is 4.92 Å². The van der Waals surface area contributed by atoms with Crippen molar-refractivity contribution in [3.8, 4) is 0 Å². The molecule has 0 amide bonds. The van der Waals surface area contributed by atoms with E-state index in [4.69, 9.17) is 0 Å². The molecule has 100 valence electrons. The molecule has 0 radical (unpaired) electrons. The summed E-state index contributed by atoms with van der Waals surface area (Å²) < 4.78 is 1.72. The molecule has 0 spiro atoms. The minimum atomic E-state index is -0.401. The Hall–Kier alpha value is -3.03. The standard InChI is InChI=1S/C12H10N6O2/c19-18(20)10-4-2-1-3-9(10)7-14-11-12-16-15-8-17(12)6-5-13-11/h1-6,8H,7H2,(H,13,14). The zero-order valence-corrected chi connectivity index (χ0v) is 10.3. The van der Waals surface area contributed by atoms with E-state index in [2.05, 4.69) is 20.5 Å². The van der Waals surface area contributed by atoms with Crippen molar-refractivity contribution in [1.29, 1.82) is 0 Å². The number of aromatic nitrogens is 4. The number of benzene rings is 1. The lowest BCUT2D eigenvalue weighted by Gasteiger charge is -2.06. The third-order valence-corrected chi connectivity index (χ3v) is 2.85. The second-order valence-corrected chi connectivity index (χ2v) is 4.08. The Labute approximate surface area is 113 Å². The van der Waals surface area contributed by atoms with Gasteiger partial charge in [0.25, 0.3) is 5.69 Å². The molecule has 0 unspecified atom stereocenters. The Bertz CT molecular complexity index is 769. The summed E-state index contributed by atoms with van der Waals surface area (Å²) in [6, 6.07) is 6.57. The van der Waals surface area contributed by atoms with Crippen molar-refractivity contribution in [2.45, 2.75) is 6.54 Å². The van der Waals surface area contributed by atoms with Crippen LogP contribution in [-0.4, -0.2) is 24.5 Å². The number of nitro groups is 1. The lowest BCUT2D eigenvalue weighted by atomic mass is 10.2. The van der Waals surface area contributed by atoms with Crippen LogP contribution in [-0.2, 0) is 6.54 Å². The first-order valence-electron chi connectivity index (χ1n) is 5.86. The number of anilines is 1. The van der Waals surface area contributed by atoms with E-state index in [9.17, 15) is 10.1 Å². The first-order valence-corrected chi connectivity index (χ1v) is 5.86.